The molecule has 0 N–H and O–H groups in total. The summed E-state index contributed by atoms with van der Waals surface area (Å²) in [6, 6.07) is 0. The van der Waals surface area contributed by atoms with E-state index in [1.54, 1.807) is 0 Å². The molecule has 0 aliphatic rings. The summed E-state index contributed by atoms with van der Waals surface area (Å²) in [5.41, 5.74) is 0. The first-order valence-electron chi connectivity index (χ1n) is 4.16. The molecule has 0 saturated heterocycles. The van der Waals surface area contributed by atoms with Gasteiger partial charge in [-0.1, -0.05) is 34.5 Å². The summed E-state index contributed by atoms with van der Waals surface area (Å²) in [6.45, 7) is 3.68. The van der Waals surface area contributed by atoms with E-state index in [1.807, 2.05) is 19.1 Å². The lowest BCUT2D eigenvalue weighted by Crippen LogP contribution is -1.94. The molecule has 0 amide bonds. The van der Waals surface area contributed by atoms with Crippen LogP contribution in [-0.2, 0) is 4.74 Å². The minimum atomic E-state index is 0.769. The lowest BCUT2D eigenvalue weighted by molar-refractivity contribution is 0.157. The van der Waals surface area contributed by atoms with Crippen molar-refractivity contribution in [2.75, 3.05) is 18.5 Å². The van der Waals surface area contributed by atoms with Crippen LogP contribution in [0.5, 0.6) is 0 Å². The van der Waals surface area contributed by atoms with Crippen LogP contribution in [0.15, 0.2) is 12.2 Å². The maximum Gasteiger partial charge on any atom is 0.0647 e. The lowest BCUT2D eigenvalue weighted by atomic mass is 10.3. The van der Waals surface area contributed by atoms with Gasteiger partial charge in [0.1, 0.15) is 0 Å². The number of allylic oxidation sites excluding steroid dienone is 1. The number of alkyl halides is 1. The number of ether oxygens (including phenoxy) is 1. The molecule has 0 aromatic rings. The van der Waals surface area contributed by atoms with Crippen LogP contribution in [-0.4, -0.2) is 18.5 Å². The highest BCUT2D eigenvalue weighted by atomic mass is 79.9. The minimum absolute atomic E-state index is 0.769. The lowest BCUT2D eigenvalue weighted by Gasteiger charge is -1.99. The molecule has 0 heterocycles. The van der Waals surface area contributed by atoms with E-state index in [2.05, 4.69) is 15.9 Å². The molecule has 0 radical (unpaired) electrons. The second-order valence-corrected chi connectivity index (χ2v) is 3.19. The number of unbranched alkanes of at least 4 members (excludes halogenated alkanes) is 2. The van der Waals surface area contributed by atoms with Crippen LogP contribution in [0.25, 0.3) is 0 Å². The van der Waals surface area contributed by atoms with E-state index < -0.39 is 0 Å². The average Bonchev–Trinajstić information content (AvgIpc) is 2.03. The summed E-state index contributed by atoms with van der Waals surface area (Å²) in [5, 5.41) is 1.11. The quantitative estimate of drug-likeness (QED) is 0.364. The van der Waals surface area contributed by atoms with E-state index in [-0.39, 0.29) is 0 Å². The van der Waals surface area contributed by atoms with Crippen LogP contribution >= 0.6 is 15.9 Å². The fourth-order valence-electron chi connectivity index (χ4n) is 0.723. The zero-order valence-corrected chi connectivity index (χ0v) is 8.77. The van der Waals surface area contributed by atoms with E-state index in [1.165, 1.54) is 19.3 Å². The summed E-state index contributed by atoms with van der Waals surface area (Å²) >= 11 is 3.39. The number of rotatable bonds is 7. The Balaban J connectivity index is 2.79. The Morgan fingerprint density at radius 1 is 1.27 bits per heavy atom. The van der Waals surface area contributed by atoms with E-state index in [0.29, 0.717) is 0 Å². The van der Waals surface area contributed by atoms with E-state index in [9.17, 15) is 0 Å². The van der Waals surface area contributed by atoms with Gasteiger partial charge in [-0.05, 0) is 19.8 Å². The Morgan fingerprint density at radius 3 is 2.73 bits per heavy atom. The number of hydrogen-bond donors (Lipinski definition) is 0. The Hall–Kier alpha value is 0.180. The molecule has 0 rings (SSSR count). The van der Waals surface area contributed by atoms with Crippen molar-refractivity contribution in [1.82, 2.24) is 0 Å². The van der Waals surface area contributed by atoms with Crippen molar-refractivity contribution in [2.24, 2.45) is 0 Å². The van der Waals surface area contributed by atoms with Crippen molar-refractivity contribution >= 4 is 15.9 Å². The SMILES string of the molecule is CC=CCOCCCCCBr. The molecule has 0 unspecified atom stereocenters. The van der Waals surface area contributed by atoms with Crippen molar-refractivity contribution in [3.05, 3.63) is 12.2 Å². The van der Waals surface area contributed by atoms with Gasteiger partial charge in [-0.25, -0.2) is 0 Å². The first kappa shape index (κ1) is 11.2. The van der Waals surface area contributed by atoms with Crippen LogP contribution in [0.4, 0.5) is 0 Å². The molecule has 2 heteroatoms. The third-order valence-corrected chi connectivity index (χ3v) is 1.93. The molecule has 11 heavy (non-hydrogen) atoms. The second kappa shape index (κ2) is 10.2. The molecule has 0 aromatic heterocycles. The van der Waals surface area contributed by atoms with Crippen molar-refractivity contribution < 1.29 is 4.74 Å². The Kier molecular flexibility index (Phi) is 10.3. The molecule has 0 saturated carbocycles. The fraction of sp³-hybridized carbons (Fsp3) is 0.778. The summed E-state index contributed by atoms with van der Waals surface area (Å²) in [7, 11) is 0. The largest absolute Gasteiger partial charge is 0.377 e. The molecule has 0 fully saturated rings. The van der Waals surface area contributed by atoms with Crippen LogP contribution in [0.1, 0.15) is 26.2 Å². The van der Waals surface area contributed by atoms with Gasteiger partial charge in [-0.3, -0.25) is 0 Å². The highest BCUT2D eigenvalue weighted by molar-refractivity contribution is 9.09. The zero-order valence-electron chi connectivity index (χ0n) is 7.18. The summed E-state index contributed by atoms with van der Waals surface area (Å²) in [5.74, 6) is 0. The van der Waals surface area contributed by atoms with Gasteiger partial charge >= 0.3 is 0 Å². The van der Waals surface area contributed by atoms with Gasteiger partial charge in [0.25, 0.3) is 0 Å². The van der Waals surface area contributed by atoms with Crippen molar-refractivity contribution in [2.45, 2.75) is 26.2 Å². The molecule has 0 aromatic carbocycles. The van der Waals surface area contributed by atoms with Crippen LogP contribution in [0, 0.1) is 0 Å². The molecule has 0 aliphatic carbocycles. The van der Waals surface area contributed by atoms with Crippen molar-refractivity contribution in [3.63, 3.8) is 0 Å². The molecule has 0 aliphatic heterocycles. The summed E-state index contributed by atoms with van der Waals surface area (Å²) < 4.78 is 5.32. The Labute approximate surface area is 78.0 Å². The van der Waals surface area contributed by atoms with Gasteiger partial charge < -0.3 is 4.74 Å². The first-order chi connectivity index (χ1) is 5.41. The molecule has 66 valence electrons. The Bertz CT molecular complexity index is 91.6. The number of halogens is 1. The molecular formula is C9H17BrO. The number of hydrogen-bond acceptors (Lipinski definition) is 1. The highest BCUT2D eigenvalue weighted by Crippen LogP contribution is 1.98. The van der Waals surface area contributed by atoms with Gasteiger partial charge in [0.05, 0.1) is 6.61 Å². The maximum atomic E-state index is 5.32. The highest BCUT2D eigenvalue weighted by Gasteiger charge is 1.86. The maximum absolute atomic E-state index is 5.32. The zero-order chi connectivity index (χ0) is 8.36. The molecule has 0 spiro atoms. The second-order valence-electron chi connectivity index (χ2n) is 2.39. The molecule has 1 nitrogen and oxygen atoms in total. The van der Waals surface area contributed by atoms with Crippen LogP contribution < -0.4 is 0 Å². The first-order valence-corrected chi connectivity index (χ1v) is 5.29. The summed E-state index contributed by atoms with van der Waals surface area (Å²) in [6.07, 6.45) is 7.75. The van der Waals surface area contributed by atoms with Crippen LogP contribution in [0.2, 0.25) is 0 Å². The predicted molar refractivity (Wildman–Crippen MR) is 53.3 cm³/mol. The van der Waals surface area contributed by atoms with Crippen molar-refractivity contribution in [1.29, 1.82) is 0 Å². The van der Waals surface area contributed by atoms with Gasteiger partial charge in [-0.2, -0.15) is 0 Å². The Morgan fingerprint density at radius 2 is 2.09 bits per heavy atom. The van der Waals surface area contributed by atoms with E-state index in [0.717, 1.165) is 18.5 Å². The predicted octanol–water partition coefficient (Wildman–Crippen LogP) is 3.14. The normalized spacial score (nSPS) is 11.1. The third kappa shape index (κ3) is 10.2. The van der Waals surface area contributed by atoms with E-state index >= 15 is 0 Å². The van der Waals surface area contributed by atoms with Crippen molar-refractivity contribution in [3.8, 4) is 0 Å². The summed E-state index contributed by atoms with van der Waals surface area (Å²) in [4.78, 5) is 0. The average molecular weight is 221 g/mol. The third-order valence-electron chi connectivity index (χ3n) is 1.37. The van der Waals surface area contributed by atoms with Gasteiger partial charge in [0, 0.05) is 11.9 Å². The molecular weight excluding hydrogens is 204 g/mol. The van der Waals surface area contributed by atoms with E-state index in [4.69, 9.17) is 4.74 Å². The van der Waals surface area contributed by atoms with Crippen LogP contribution in [0.3, 0.4) is 0 Å². The monoisotopic (exact) mass is 220 g/mol. The van der Waals surface area contributed by atoms with Gasteiger partial charge in [0.15, 0.2) is 0 Å². The minimum Gasteiger partial charge on any atom is -0.377 e. The topological polar surface area (TPSA) is 9.23 Å². The smallest absolute Gasteiger partial charge is 0.0647 e. The van der Waals surface area contributed by atoms with Gasteiger partial charge in [-0.15, -0.1) is 0 Å². The molecule has 0 atom stereocenters. The fourth-order valence-corrected chi connectivity index (χ4v) is 1.12. The molecule has 0 bridgehead atoms. The van der Waals surface area contributed by atoms with Gasteiger partial charge in [0.2, 0.25) is 0 Å². The standard InChI is InChI=1S/C9H17BrO/c1-2-3-8-11-9-6-4-5-7-10/h2-3H,4-9H2,1H3.